The Bertz CT molecular complexity index is 631. The maximum Gasteiger partial charge on any atom is 0.341 e. The molecule has 26 heavy (non-hydrogen) atoms. The molecule has 4 nitrogen and oxygen atoms in total. The topological polar surface area (TPSA) is 55.4 Å². The molecule has 2 aliphatic carbocycles. The smallest absolute Gasteiger partial charge is 0.341 e. The summed E-state index contributed by atoms with van der Waals surface area (Å²) >= 11 is 1.59. The number of ether oxygens (including phenoxy) is 1. The standard InChI is InChI=1S/C21H31NO3S/c1-2-25-21(24)19-16-11-7-4-8-12-17(16)26-20(19)22-18(23)14-13-15-9-5-3-6-10-15/h15H,2-14H2,1H3,(H,22,23). The summed E-state index contributed by atoms with van der Waals surface area (Å²) in [6.07, 6.45) is 13.4. The fourth-order valence-electron chi connectivity index (χ4n) is 4.25. The predicted octanol–water partition coefficient (Wildman–Crippen LogP) is 5.49. The molecule has 0 aromatic carbocycles. The summed E-state index contributed by atoms with van der Waals surface area (Å²) in [4.78, 5) is 26.3. The van der Waals surface area contributed by atoms with Crippen LogP contribution < -0.4 is 5.32 Å². The van der Waals surface area contributed by atoms with Crippen molar-refractivity contribution in [3.05, 3.63) is 16.0 Å². The minimum atomic E-state index is -0.283. The van der Waals surface area contributed by atoms with E-state index >= 15 is 0 Å². The lowest BCUT2D eigenvalue weighted by atomic mass is 9.86. The van der Waals surface area contributed by atoms with Crippen molar-refractivity contribution in [2.45, 2.75) is 84.0 Å². The van der Waals surface area contributed by atoms with E-state index in [0.717, 1.165) is 37.7 Å². The fourth-order valence-corrected chi connectivity index (χ4v) is 5.54. The number of fused-ring (bicyclic) bond motifs is 1. The molecule has 0 unspecified atom stereocenters. The van der Waals surface area contributed by atoms with Crippen molar-refractivity contribution in [2.75, 3.05) is 11.9 Å². The third kappa shape index (κ3) is 4.87. The normalized spacial score (nSPS) is 18.0. The fraction of sp³-hybridized carbons (Fsp3) is 0.714. The molecule has 1 aromatic heterocycles. The quantitative estimate of drug-likeness (QED) is 0.526. The third-order valence-electron chi connectivity index (χ3n) is 5.66. The summed E-state index contributed by atoms with van der Waals surface area (Å²) in [5.74, 6) is 0.450. The molecule has 1 N–H and O–H groups in total. The molecule has 1 amide bonds. The Morgan fingerprint density at radius 1 is 1.08 bits per heavy atom. The zero-order valence-electron chi connectivity index (χ0n) is 15.9. The number of thiophene rings is 1. The van der Waals surface area contributed by atoms with E-state index in [1.165, 1.54) is 43.4 Å². The van der Waals surface area contributed by atoms with Crippen LogP contribution in [-0.4, -0.2) is 18.5 Å². The van der Waals surface area contributed by atoms with Gasteiger partial charge in [-0.2, -0.15) is 0 Å². The molecular weight excluding hydrogens is 346 g/mol. The number of aryl methyl sites for hydroxylation is 1. The van der Waals surface area contributed by atoms with Crippen molar-refractivity contribution in [3.8, 4) is 0 Å². The average Bonchev–Trinajstić information content (AvgIpc) is 2.82. The van der Waals surface area contributed by atoms with Gasteiger partial charge in [-0.1, -0.05) is 38.5 Å². The van der Waals surface area contributed by atoms with Crippen LogP contribution in [0.25, 0.3) is 0 Å². The minimum Gasteiger partial charge on any atom is -0.462 e. The van der Waals surface area contributed by atoms with Gasteiger partial charge in [0.2, 0.25) is 5.91 Å². The second kappa shape index (κ2) is 9.54. The van der Waals surface area contributed by atoms with E-state index in [1.807, 2.05) is 6.92 Å². The number of carbonyl (C=O) groups is 2. The van der Waals surface area contributed by atoms with Gasteiger partial charge in [-0.05, 0) is 50.5 Å². The zero-order valence-corrected chi connectivity index (χ0v) is 16.7. The first-order valence-electron chi connectivity index (χ1n) is 10.3. The van der Waals surface area contributed by atoms with Crippen molar-refractivity contribution < 1.29 is 14.3 Å². The Balaban J connectivity index is 1.69. The van der Waals surface area contributed by atoms with Crippen LogP contribution in [0, 0.1) is 5.92 Å². The molecule has 0 bridgehead atoms. The van der Waals surface area contributed by atoms with Gasteiger partial charge in [-0.3, -0.25) is 4.79 Å². The molecule has 1 fully saturated rings. The number of carbonyl (C=O) groups excluding carboxylic acids is 2. The first kappa shape index (κ1) is 19.4. The second-order valence-electron chi connectivity index (χ2n) is 7.58. The number of hydrogen-bond acceptors (Lipinski definition) is 4. The van der Waals surface area contributed by atoms with Gasteiger partial charge in [0.25, 0.3) is 0 Å². The van der Waals surface area contributed by atoms with Gasteiger partial charge in [-0.15, -0.1) is 11.3 Å². The number of hydrogen-bond donors (Lipinski definition) is 1. The summed E-state index contributed by atoms with van der Waals surface area (Å²) in [5.41, 5.74) is 1.74. The van der Waals surface area contributed by atoms with Crippen molar-refractivity contribution in [1.82, 2.24) is 0 Å². The van der Waals surface area contributed by atoms with E-state index in [9.17, 15) is 9.59 Å². The first-order valence-corrected chi connectivity index (χ1v) is 11.1. The molecule has 0 aliphatic heterocycles. The SMILES string of the molecule is CCOC(=O)c1c(NC(=O)CCC2CCCCC2)sc2c1CCCCC2. The summed E-state index contributed by atoms with van der Waals surface area (Å²) in [7, 11) is 0. The molecule has 1 aromatic rings. The van der Waals surface area contributed by atoms with Crippen LogP contribution in [0.1, 0.15) is 91.9 Å². The van der Waals surface area contributed by atoms with Gasteiger partial charge in [0.05, 0.1) is 12.2 Å². The van der Waals surface area contributed by atoms with E-state index in [0.29, 0.717) is 29.5 Å². The van der Waals surface area contributed by atoms with Crippen LogP contribution >= 0.6 is 11.3 Å². The molecule has 5 heteroatoms. The van der Waals surface area contributed by atoms with Crippen LogP contribution in [0.15, 0.2) is 0 Å². The minimum absolute atomic E-state index is 0.0394. The van der Waals surface area contributed by atoms with Crippen LogP contribution in [0.2, 0.25) is 0 Å². The monoisotopic (exact) mass is 377 g/mol. The Morgan fingerprint density at radius 3 is 2.58 bits per heavy atom. The van der Waals surface area contributed by atoms with E-state index in [-0.39, 0.29) is 11.9 Å². The summed E-state index contributed by atoms with van der Waals surface area (Å²) in [5, 5.41) is 3.76. The van der Waals surface area contributed by atoms with Crippen LogP contribution in [0.3, 0.4) is 0 Å². The van der Waals surface area contributed by atoms with Crippen molar-refractivity contribution >= 4 is 28.2 Å². The van der Waals surface area contributed by atoms with Crippen molar-refractivity contribution in [2.24, 2.45) is 5.92 Å². The van der Waals surface area contributed by atoms with Crippen LogP contribution in [0.4, 0.5) is 5.00 Å². The molecule has 2 aliphatic rings. The van der Waals surface area contributed by atoms with Gasteiger partial charge in [0.15, 0.2) is 0 Å². The molecular formula is C21H31NO3S. The molecule has 1 saturated carbocycles. The number of amides is 1. The Hall–Kier alpha value is -1.36. The van der Waals surface area contributed by atoms with Gasteiger partial charge >= 0.3 is 5.97 Å². The second-order valence-corrected chi connectivity index (χ2v) is 8.69. The lowest BCUT2D eigenvalue weighted by Crippen LogP contribution is -2.17. The molecule has 0 radical (unpaired) electrons. The summed E-state index contributed by atoms with van der Waals surface area (Å²) in [6, 6.07) is 0. The van der Waals surface area contributed by atoms with E-state index in [2.05, 4.69) is 5.32 Å². The van der Waals surface area contributed by atoms with Gasteiger partial charge in [0, 0.05) is 11.3 Å². The number of rotatable bonds is 6. The maximum absolute atomic E-state index is 12.5. The van der Waals surface area contributed by atoms with E-state index in [4.69, 9.17) is 4.74 Å². The van der Waals surface area contributed by atoms with E-state index in [1.54, 1.807) is 11.3 Å². The highest BCUT2D eigenvalue weighted by atomic mass is 32.1. The molecule has 0 atom stereocenters. The van der Waals surface area contributed by atoms with Crippen LogP contribution in [0.5, 0.6) is 0 Å². The third-order valence-corrected chi connectivity index (χ3v) is 6.87. The molecule has 1 heterocycles. The largest absolute Gasteiger partial charge is 0.462 e. The summed E-state index contributed by atoms with van der Waals surface area (Å²) < 4.78 is 5.29. The maximum atomic E-state index is 12.5. The highest BCUT2D eigenvalue weighted by Gasteiger charge is 2.26. The number of anilines is 1. The van der Waals surface area contributed by atoms with Gasteiger partial charge in [-0.25, -0.2) is 4.79 Å². The Labute approximate surface area is 160 Å². The highest BCUT2D eigenvalue weighted by Crippen LogP contribution is 2.38. The molecule has 0 spiro atoms. The number of esters is 1. The van der Waals surface area contributed by atoms with Crippen LogP contribution in [-0.2, 0) is 22.4 Å². The predicted molar refractivity (Wildman–Crippen MR) is 106 cm³/mol. The molecule has 0 saturated heterocycles. The van der Waals surface area contributed by atoms with E-state index < -0.39 is 0 Å². The first-order chi connectivity index (χ1) is 12.7. The lowest BCUT2D eigenvalue weighted by Gasteiger charge is -2.20. The van der Waals surface area contributed by atoms with Crippen molar-refractivity contribution in [3.63, 3.8) is 0 Å². The lowest BCUT2D eigenvalue weighted by molar-refractivity contribution is -0.116. The van der Waals surface area contributed by atoms with Gasteiger partial charge < -0.3 is 10.1 Å². The van der Waals surface area contributed by atoms with Gasteiger partial charge in [0.1, 0.15) is 5.00 Å². The zero-order chi connectivity index (χ0) is 18.4. The summed E-state index contributed by atoms with van der Waals surface area (Å²) in [6.45, 7) is 2.18. The van der Waals surface area contributed by atoms with Crippen molar-refractivity contribution in [1.29, 1.82) is 0 Å². The molecule has 144 valence electrons. The Morgan fingerprint density at radius 2 is 1.81 bits per heavy atom. The Kier molecular flexibility index (Phi) is 7.12. The highest BCUT2D eigenvalue weighted by molar-refractivity contribution is 7.17. The average molecular weight is 378 g/mol. The number of nitrogens with one attached hydrogen (secondary N) is 1. The molecule has 3 rings (SSSR count).